The first-order valence-corrected chi connectivity index (χ1v) is 9.18. The molecule has 4 heteroatoms. The van der Waals surface area contributed by atoms with Gasteiger partial charge in [-0.15, -0.1) is 0 Å². The van der Waals surface area contributed by atoms with Crippen LogP contribution in [0, 0.1) is 11.3 Å². The average molecular weight is 362 g/mol. The Bertz CT molecular complexity index is 1410. The highest BCUT2D eigenvalue weighted by atomic mass is 15.1. The van der Waals surface area contributed by atoms with E-state index in [1.54, 1.807) is 0 Å². The molecule has 2 heterocycles. The van der Waals surface area contributed by atoms with E-state index in [4.69, 9.17) is 0 Å². The minimum Gasteiger partial charge on any atom is -0.344 e. The van der Waals surface area contributed by atoms with Crippen molar-refractivity contribution >= 4 is 44.1 Å². The monoisotopic (exact) mass is 362 g/mol. The van der Waals surface area contributed by atoms with Gasteiger partial charge in [0.2, 0.25) is 0 Å². The Hall–Kier alpha value is -3.84. The van der Waals surface area contributed by atoms with Crippen LogP contribution in [0.1, 0.15) is 5.69 Å². The third kappa shape index (κ3) is 2.34. The summed E-state index contributed by atoms with van der Waals surface area (Å²) in [4.78, 5) is 6.56. The number of hydrogen-bond acceptors (Lipinski definition) is 3. The molecule has 0 bridgehead atoms. The second kappa shape index (κ2) is 6.11. The molecule has 28 heavy (non-hydrogen) atoms. The van der Waals surface area contributed by atoms with Crippen molar-refractivity contribution in [2.24, 2.45) is 7.05 Å². The summed E-state index contributed by atoms with van der Waals surface area (Å²) < 4.78 is 2.23. The van der Waals surface area contributed by atoms with Crippen LogP contribution in [0.25, 0.3) is 32.7 Å². The van der Waals surface area contributed by atoms with Crippen LogP contribution in [0.15, 0.2) is 72.8 Å². The Morgan fingerprint density at radius 1 is 0.857 bits per heavy atom. The van der Waals surface area contributed by atoms with Crippen LogP contribution in [0.5, 0.6) is 0 Å². The predicted molar refractivity (Wildman–Crippen MR) is 115 cm³/mol. The number of nitrogens with zero attached hydrogens (tertiary/aromatic N) is 4. The SMILES string of the molecule is CN(c1ccc2c(c1)c1ccccc1n2C)c1cc(C#N)nc2ccccc12. The zero-order chi connectivity index (χ0) is 19.3. The highest BCUT2D eigenvalue weighted by Crippen LogP contribution is 2.35. The maximum absolute atomic E-state index is 9.40. The summed E-state index contributed by atoms with van der Waals surface area (Å²) >= 11 is 0. The highest BCUT2D eigenvalue weighted by Gasteiger charge is 2.14. The van der Waals surface area contributed by atoms with Gasteiger partial charge in [0.15, 0.2) is 0 Å². The second-order valence-corrected chi connectivity index (χ2v) is 6.99. The van der Waals surface area contributed by atoms with Crippen molar-refractivity contribution in [2.75, 3.05) is 11.9 Å². The Labute approximate surface area is 162 Å². The largest absolute Gasteiger partial charge is 0.344 e. The fourth-order valence-electron chi connectivity index (χ4n) is 4.00. The first-order chi connectivity index (χ1) is 13.7. The van der Waals surface area contributed by atoms with E-state index < -0.39 is 0 Å². The van der Waals surface area contributed by atoms with Gasteiger partial charge in [0.1, 0.15) is 11.8 Å². The molecular weight excluding hydrogens is 344 g/mol. The average Bonchev–Trinajstić information content (AvgIpc) is 3.04. The first kappa shape index (κ1) is 16.3. The molecule has 5 rings (SSSR count). The molecule has 2 aromatic heterocycles. The van der Waals surface area contributed by atoms with Gasteiger partial charge in [-0.1, -0.05) is 36.4 Å². The van der Waals surface area contributed by atoms with Crippen molar-refractivity contribution in [2.45, 2.75) is 0 Å². The minimum absolute atomic E-state index is 0.423. The maximum Gasteiger partial charge on any atom is 0.143 e. The molecule has 0 N–H and O–H groups in total. The Morgan fingerprint density at radius 2 is 1.57 bits per heavy atom. The predicted octanol–water partition coefficient (Wildman–Crippen LogP) is 5.52. The molecule has 0 unspecified atom stereocenters. The number of anilines is 2. The van der Waals surface area contributed by atoms with Crippen molar-refractivity contribution < 1.29 is 0 Å². The molecule has 4 nitrogen and oxygen atoms in total. The number of para-hydroxylation sites is 2. The molecular formula is C24H18N4. The van der Waals surface area contributed by atoms with Crippen LogP contribution in [-0.2, 0) is 7.05 Å². The summed E-state index contributed by atoms with van der Waals surface area (Å²) in [7, 11) is 4.14. The smallest absolute Gasteiger partial charge is 0.143 e. The van der Waals surface area contributed by atoms with Crippen molar-refractivity contribution in [1.82, 2.24) is 9.55 Å². The fourth-order valence-corrected chi connectivity index (χ4v) is 4.00. The fraction of sp³-hybridized carbons (Fsp3) is 0.0833. The number of aryl methyl sites for hydroxylation is 1. The normalized spacial score (nSPS) is 11.2. The zero-order valence-electron chi connectivity index (χ0n) is 15.7. The summed E-state index contributed by atoms with van der Waals surface area (Å²) in [5.74, 6) is 0. The van der Waals surface area contributed by atoms with Gasteiger partial charge < -0.3 is 9.47 Å². The van der Waals surface area contributed by atoms with Gasteiger partial charge in [0, 0.05) is 47.0 Å². The summed E-state index contributed by atoms with van der Waals surface area (Å²) in [6.45, 7) is 0. The molecule has 0 saturated heterocycles. The number of rotatable bonds is 2. The van der Waals surface area contributed by atoms with Gasteiger partial charge in [0.05, 0.1) is 11.2 Å². The number of aromatic nitrogens is 2. The second-order valence-electron chi connectivity index (χ2n) is 6.99. The third-order valence-electron chi connectivity index (χ3n) is 5.45. The van der Waals surface area contributed by atoms with Crippen LogP contribution >= 0.6 is 0 Å². The van der Waals surface area contributed by atoms with Crippen LogP contribution in [0.4, 0.5) is 11.4 Å². The number of hydrogen-bond donors (Lipinski definition) is 0. The molecule has 5 aromatic rings. The molecule has 0 fully saturated rings. The van der Waals surface area contributed by atoms with Gasteiger partial charge >= 0.3 is 0 Å². The van der Waals surface area contributed by atoms with Gasteiger partial charge in [0.25, 0.3) is 0 Å². The Morgan fingerprint density at radius 3 is 2.39 bits per heavy atom. The standard InChI is InChI=1S/C24H18N4/c1-27(24-13-16(15-25)26-21-9-5-3-8-19(21)24)17-11-12-23-20(14-17)18-7-4-6-10-22(18)28(23)2/h3-14H,1-2H3. The van der Waals surface area contributed by atoms with Crippen molar-refractivity contribution in [3.05, 3.63) is 78.5 Å². The quantitative estimate of drug-likeness (QED) is 0.415. The summed E-state index contributed by atoms with van der Waals surface area (Å²) in [5, 5.41) is 12.9. The Balaban J connectivity index is 1.74. The molecule has 0 aliphatic rings. The topological polar surface area (TPSA) is 44.9 Å². The lowest BCUT2D eigenvalue weighted by atomic mass is 10.1. The molecule has 0 atom stereocenters. The molecule has 0 aliphatic heterocycles. The summed E-state index contributed by atoms with van der Waals surface area (Å²) in [6, 6.07) is 26.9. The molecule has 0 amide bonds. The first-order valence-electron chi connectivity index (χ1n) is 9.18. The van der Waals surface area contributed by atoms with Crippen LogP contribution in [-0.4, -0.2) is 16.6 Å². The molecule has 134 valence electrons. The van der Waals surface area contributed by atoms with Crippen molar-refractivity contribution in [3.8, 4) is 6.07 Å². The Kier molecular flexibility index (Phi) is 3.56. The number of pyridine rings is 1. The lowest BCUT2D eigenvalue weighted by molar-refractivity contribution is 1.01. The van der Waals surface area contributed by atoms with E-state index in [-0.39, 0.29) is 0 Å². The van der Waals surface area contributed by atoms with E-state index in [1.165, 1.54) is 21.8 Å². The van der Waals surface area contributed by atoms with E-state index in [9.17, 15) is 5.26 Å². The van der Waals surface area contributed by atoms with Gasteiger partial charge in [-0.2, -0.15) is 5.26 Å². The number of fused-ring (bicyclic) bond motifs is 4. The van der Waals surface area contributed by atoms with Gasteiger partial charge in [-0.25, -0.2) is 4.98 Å². The zero-order valence-corrected chi connectivity index (χ0v) is 15.7. The lowest BCUT2D eigenvalue weighted by Crippen LogP contribution is -2.10. The number of nitriles is 1. The van der Waals surface area contributed by atoms with Crippen LogP contribution in [0.3, 0.4) is 0 Å². The van der Waals surface area contributed by atoms with E-state index >= 15 is 0 Å². The molecule has 0 spiro atoms. The highest BCUT2D eigenvalue weighted by molar-refractivity contribution is 6.09. The van der Waals surface area contributed by atoms with Gasteiger partial charge in [-0.05, 0) is 36.4 Å². The molecule has 3 aromatic carbocycles. The van der Waals surface area contributed by atoms with E-state index in [0.29, 0.717) is 5.69 Å². The van der Waals surface area contributed by atoms with Crippen LogP contribution in [0.2, 0.25) is 0 Å². The summed E-state index contributed by atoms with van der Waals surface area (Å²) in [6.07, 6.45) is 0. The van der Waals surface area contributed by atoms with E-state index in [1.807, 2.05) is 37.4 Å². The van der Waals surface area contributed by atoms with Gasteiger partial charge in [-0.3, -0.25) is 0 Å². The van der Waals surface area contributed by atoms with Crippen LogP contribution < -0.4 is 4.90 Å². The maximum atomic E-state index is 9.40. The molecule has 0 saturated carbocycles. The third-order valence-corrected chi connectivity index (χ3v) is 5.45. The van der Waals surface area contributed by atoms with E-state index in [2.05, 4.69) is 70.0 Å². The van der Waals surface area contributed by atoms with E-state index in [0.717, 1.165) is 22.3 Å². The summed E-state index contributed by atoms with van der Waals surface area (Å²) in [5.41, 5.74) is 5.72. The molecule has 0 aliphatic carbocycles. The van der Waals surface area contributed by atoms with Crippen molar-refractivity contribution in [1.29, 1.82) is 5.26 Å². The minimum atomic E-state index is 0.423. The lowest BCUT2D eigenvalue weighted by Gasteiger charge is -2.22. The van der Waals surface area contributed by atoms with Crippen molar-refractivity contribution in [3.63, 3.8) is 0 Å². The number of benzene rings is 3. The molecule has 0 radical (unpaired) electrons.